The van der Waals surface area contributed by atoms with E-state index in [4.69, 9.17) is 4.74 Å². The molecule has 17 heavy (non-hydrogen) atoms. The number of carbonyl (C=O) groups excluding carboxylic acids is 1. The molecule has 2 saturated carbocycles. The Morgan fingerprint density at radius 1 is 1.41 bits per heavy atom. The molecule has 4 rings (SSSR count). The fourth-order valence-corrected chi connectivity index (χ4v) is 3.77. The van der Waals surface area contributed by atoms with Crippen molar-refractivity contribution in [1.29, 1.82) is 0 Å². The van der Waals surface area contributed by atoms with Crippen LogP contribution in [0.5, 0.6) is 0 Å². The van der Waals surface area contributed by atoms with E-state index in [0.29, 0.717) is 17.3 Å². The lowest BCUT2D eigenvalue weighted by Gasteiger charge is -2.58. The van der Waals surface area contributed by atoms with Crippen LogP contribution in [-0.2, 0) is 9.53 Å². The molecule has 0 saturated heterocycles. The third-order valence-corrected chi connectivity index (χ3v) is 5.41. The Bertz CT molecular complexity index is 376. The van der Waals surface area contributed by atoms with E-state index < -0.39 is 0 Å². The van der Waals surface area contributed by atoms with Crippen LogP contribution in [0.15, 0.2) is 11.6 Å². The van der Waals surface area contributed by atoms with Gasteiger partial charge in [-0.15, -0.1) is 0 Å². The highest BCUT2D eigenvalue weighted by molar-refractivity contribution is 5.73. The van der Waals surface area contributed by atoms with E-state index >= 15 is 0 Å². The summed E-state index contributed by atoms with van der Waals surface area (Å²) in [5, 5.41) is 0. The van der Waals surface area contributed by atoms with Crippen molar-refractivity contribution in [3.63, 3.8) is 0 Å². The van der Waals surface area contributed by atoms with Gasteiger partial charge < -0.3 is 4.74 Å². The van der Waals surface area contributed by atoms with Crippen LogP contribution in [0, 0.1) is 23.2 Å². The zero-order valence-electron chi connectivity index (χ0n) is 11.0. The molecule has 0 heterocycles. The van der Waals surface area contributed by atoms with Crippen molar-refractivity contribution < 1.29 is 9.53 Å². The molecular formula is C15H22O2. The van der Waals surface area contributed by atoms with Crippen molar-refractivity contribution in [3.8, 4) is 0 Å². The number of carbonyl (C=O) groups is 1. The standard InChI is InChI=1S/C15H22O2/c1-9-7-13(12-8-11(9)15(12,2)3)17-14(16)10-5-4-6-10/h7,10-13H,4-6,8H2,1-3H3. The fraction of sp³-hybridized carbons (Fsp3) is 0.800. The predicted molar refractivity (Wildman–Crippen MR) is 66.4 cm³/mol. The molecule has 94 valence electrons. The number of hydrogen-bond donors (Lipinski definition) is 0. The van der Waals surface area contributed by atoms with E-state index in [-0.39, 0.29) is 18.0 Å². The summed E-state index contributed by atoms with van der Waals surface area (Å²) < 4.78 is 5.74. The molecule has 0 amide bonds. The maximum absolute atomic E-state index is 11.9. The van der Waals surface area contributed by atoms with Crippen LogP contribution in [-0.4, -0.2) is 12.1 Å². The number of hydrogen-bond acceptors (Lipinski definition) is 2. The predicted octanol–water partition coefficient (Wildman–Crippen LogP) is 3.32. The van der Waals surface area contributed by atoms with Crippen molar-refractivity contribution in [2.24, 2.45) is 23.2 Å². The topological polar surface area (TPSA) is 26.3 Å². The summed E-state index contributed by atoms with van der Waals surface area (Å²) in [6.07, 6.45) is 6.70. The Morgan fingerprint density at radius 2 is 2.12 bits per heavy atom. The molecule has 2 fully saturated rings. The Labute approximate surface area is 103 Å². The first-order valence-corrected chi connectivity index (χ1v) is 6.89. The van der Waals surface area contributed by atoms with E-state index in [2.05, 4.69) is 26.8 Å². The summed E-state index contributed by atoms with van der Waals surface area (Å²) in [5.74, 6) is 1.50. The minimum Gasteiger partial charge on any atom is -0.458 e. The van der Waals surface area contributed by atoms with E-state index in [0.717, 1.165) is 12.8 Å². The number of fused-ring (bicyclic) bond motifs is 1. The smallest absolute Gasteiger partial charge is 0.309 e. The molecule has 0 N–H and O–H groups in total. The highest BCUT2D eigenvalue weighted by Gasteiger charge is 2.55. The highest BCUT2D eigenvalue weighted by Crippen LogP contribution is 2.59. The first-order chi connectivity index (χ1) is 8.00. The molecule has 2 bridgehead atoms. The van der Waals surface area contributed by atoms with Crippen LogP contribution in [0.3, 0.4) is 0 Å². The highest BCUT2D eigenvalue weighted by atomic mass is 16.5. The van der Waals surface area contributed by atoms with Crippen molar-refractivity contribution in [2.45, 2.75) is 52.6 Å². The summed E-state index contributed by atoms with van der Waals surface area (Å²) in [7, 11) is 0. The maximum Gasteiger partial charge on any atom is 0.309 e. The minimum atomic E-state index is 0.0445. The van der Waals surface area contributed by atoms with E-state index in [1.807, 2.05) is 0 Å². The second kappa shape index (κ2) is 3.60. The second-order valence-corrected chi connectivity index (χ2v) is 6.66. The number of rotatable bonds is 2. The van der Waals surface area contributed by atoms with Crippen LogP contribution in [0.1, 0.15) is 46.5 Å². The Kier molecular flexibility index (Phi) is 2.39. The van der Waals surface area contributed by atoms with E-state index in [9.17, 15) is 4.79 Å². The zero-order chi connectivity index (χ0) is 12.2. The molecule has 3 atom stereocenters. The molecule has 0 aliphatic heterocycles. The Balaban J connectivity index is 1.71. The van der Waals surface area contributed by atoms with Crippen LogP contribution >= 0.6 is 0 Å². The van der Waals surface area contributed by atoms with Crippen molar-refractivity contribution in [2.75, 3.05) is 0 Å². The van der Waals surface area contributed by atoms with Gasteiger partial charge in [-0.2, -0.15) is 0 Å². The van der Waals surface area contributed by atoms with Gasteiger partial charge >= 0.3 is 5.97 Å². The van der Waals surface area contributed by atoms with Gasteiger partial charge in [0.1, 0.15) is 6.10 Å². The maximum atomic E-state index is 11.9. The first kappa shape index (κ1) is 11.3. The van der Waals surface area contributed by atoms with Crippen LogP contribution in [0.2, 0.25) is 0 Å². The van der Waals surface area contributed by atoms with Gasteiger partial charge in [-0.05, 0) is 43.6 Å². The Morgan fingerprint density at radius 3 is 2.59 bits per heavy atom. The number of ether oxygens (including phenoxy) is 1. The Hall–Kier alpha value is -0.790. The molecule has 4 aliphatic rings. The second-order valence-electron chi connectivity index (χ2n) is 6.66. The average molecular weight is 234 g/mol. The zero-order valence-corrected chi connectivity index (χ0v) is 11.0. The molecule has 0 radical (unpaired) electrons. The third-order valence-electron chi connectivity index (χ3n) is 5.41. The molecule has 4 aliphatic carbocycles. The molecule has 0 aromatic carbocycles. The lowest BCUT2D eigenvalue weighted by Crippen LogP contribution is -2.55. The van der Waals surface area contributed by atoms with Gasteiger partial charge in [0.25, 0.3) is 0 Å². The van der Waals surface area contributed by atoms with Gasteiger partial charge in [-0.1, -0.05) is 25.8 Å². The molecule has 0 aromatic rings. The largest absolute Gasteiger partial charge is 0.458 e. The van der Waals surface area contributed by atoms with Gasteiger partial charge in [0.05, 0.1) is 5.92 Å². The fourth-order valence-electron chi connectivity index (χ4n) is 3.77. The molecule has 3 unspecified atom stereocenters. The van der Waals surface area contributed by atoms with E-state index in [1.165, 1.54) is 18.4 Å². The van der Waals surface area contributed by atoms with Gasteiger partial charge in [0.2, 0.25) is 0 Å². The summed E-state index contributed by atoms with van der Waals surface area (Å²) in [5.41, 5.74) is 1.74. The lowest BCUT2D eigenvalue weighted by molar-refractivity contribution is -0.168. The van der Waals surface area contributed by atoms with Crippen molar-refractivity contribution in [3.05, 3.63) is 11.6 Å². The molecule has 0 spiro atoms. The number of esters is 1. The molecule has 2 nitrogen and oxygen atoms in total. The molecule has 2 heteroatoms. The van der Waals surface area contributed by atoms with Gasteiger partial charge in [-0.3, -0.25) is 4.79 Å². The number of allylic oxidation sites excluding steroid dienone is 1. The minimum absolute atomic E-state index is 0.0445. The molecular weight excluding hydrogens is 212 g/mol. The van der Waals surface area contributed by atoms with Crippen LogP contribution in [0.25, 0.3) is 0 Å². The quantitative estimate of drug-likeness (QED) is 0.541. The van der Waals surface area contributed by atoms with Gasteiger partial charge in [0.15, 0.2) is 0 Å². The molecule has 0 aromatic heterocycles. The normalized spacial score (nSPS) is 38.8. The van der Waals surface area contributed by atoms with Gasteiger partial charge in [-0.25, -0.2) is 0 Å². The summed E-state index contributed by atoms with van der Waals surface area (Å²) >= 11 is 0. The van der Waals surface area contributed by atoms with Crippen LogP contribution < -0.4 is 0 Å². The first-order valence-electron chi connectivity index (χ1n) is 6.89. The van der Waals surface area contributed by atoms with Crippen LogP contribution in [0.4, 0.5) is 0 Å². The van der Waals surface area contributed by atoms with Crippen molar-refractivity contribution >= 4 is 5.97 Å². The van der Waals surface area contributed by atoms with Gasteiger partial charge in [0, 0.05) is 5.92 Å². The summed E-state index contributed by atoms with van der Waals surface area (Å²) in [4.78, 5) is 11.9. The summed E-state index contributed by atoms with van der Waals surface area (Å²) in [6, 6.07) is 0. The third kappa shape index (κ3) is 1.56. The SMILES string of the molecule is CC1=CC(OC(=O)C2CCC2)C2CC1C2(C)C. The lowest BCUT2D eigenvalue weighted by atomic mass is 9.48. The van der Waals surface area contributed by atoms with E-state index in [1.54, 1.807) is 0 Å². The average Bonchev–Trinajstić information content (AvgIpc) is 2.12. The van der Waals surface area contributed by atoms with Crippen molar-refractivity contribution in [1.82, 2.24) is 0 Å². The summed E-state index contributed by atoms with van der Waals surface area (Å²) in [6.45, 7) is 6.81. The monoisotopic (exact) mass is 234 g/mol.